The number of carboxylic acids is 1. The van der Waals surface area contributed by atoms with E-state index >= 15 is 0 Å². The molecule has 2 unspecified atom stereocenters. The van der Waals surface area contributed by atoms with Gasteiger partial charge in [0.05, 0.1) is 10.8 Å². The zero-order valence-electron chi connectivity index (χ0n) is 11.7. The summed E-state index contributed by atoms with van der Waals surface area (Å²) in [4.78, 5) is 11.2. The highest BCUT2D eigenvalue weighted by Crippen LogP contribution is 2.26. The zero-order valence-corrected chi connectivity index (χ0v) is 13.2. The number of rotatable bonds is 4. The molecule has 2 N–H and O–H groups in total. The molecule has 0 radical (unpaired) electrons. The minimum absolute atomic E-state index is 0.185. The predicted molar refractivity (Wildman–Crippen MR) is 79.9 cm³/mol. The average molecular weight is 332 g/mol. The second kappa shape index (κ2) is 6.34. The van der Waals surface area contributed by atoms with Gasteiger partial charge in [0.15, 0.2) is 0 Å². The summed E-state index contributed by atoms with van der Waals surface area (Å²) in [6.45, 7) is 1.68. The van der Waals surface area contributed by atoms with E-state index in [-0.39, 0.29) is 10.9 Å². The summed E-state index contributed by atoms with van der Waals surface area (Å²) in [6, 6.07) is 4.26. The van der Waals surface area contributed by atoms with Crippen LogP contribution in [0.5, 0.6) is 0 Å². The number of carboxylic acid groups (broad SMARTS) is 1. The van der Waals surface area contributed by atoms with Crippen molar-refractivity contribution in [3.63, 3.8) is 0 Å². The van der Waals surface area contributed by atoms with Gasteiger partial charge in [0.2, 0.25) is 10.0 Å². The third-order valence-corrected chi connectivity index (χ3v) is 5.69. The van der Waals surface area contributed by atoms with E-state index in [1.165, 1.54) is 12.1 Å². The summed E-state index contributed by atoms with van der Waals surface area (Å²) < 4.78 is 27.4. The molecule has 0 aromatic heterocycles. The molecule has 0 amide bonds. The van der Waals surface area contributed by atoms with Gasteiger partial charge in [-0.25, -0.2) is 13.1 Å². The highest BCUT2D eigenvalue weighted by Gasteiger charge is 2.30. The third-order valence-electron chi connectivity index (χ3n) is 3.77. The maximum absolute atomic E-state index is 12.4. The number of aryl methyl sites for hydroxylation is 1. The van der Waals surface area contributed by atoms with E-state index in [4.69, 9.17) is 16.7 Å². The molecule has 116 valence electrons. The highest BCUT2D eigenvalue weighted by molar-refractivity contribution is 7.89. The fourth-order valence-corrected chi connectivity index (χ4v) is 4.45. The van der Waals surface area contributed by atoms with Gasteiger partial charge in [0, 0.05) is 11.1 Å². The lowest BCUT2D eigenvalue weighted by Gasteiger charge is -2.27. The van der Waals surface area contributed by atoms with Crippen LogP contribution in [0.4, 0.5) is 0 Å². The lowest BCUT2D eigenvalue weighted by atomic mass is 9.86. The molecule has 5 nitrogen and oxygen atoms in total. The molecule has 2 rings (SSSR count). The second-order valence-electron chi connectivity index (χ2n) is 5.43. The Morgan fingerprint density at radius 1 is 1.38 bits per heavy atom. The van der Waals surface area contributed by atoms with Crippen LogP contribution >= 0.6 is 11.6 Å². The summed E-state index contributed by atoms with van der Waals surface area (Å²) in [5.74, 6) is -1.33. The number of hydrogen-bond acceptors (Lipinski definition) is 3. The van der Waals surface area contributed by atoms with Crippen LogP contribution in [0.2, 0.25) is 5.02 Å². The highest BCUT2D eigenvalue weighted by atomic mass is 35.5. The van der Waals surface area contributed by atoms with Crippen molar-refractivity contribution in [3.05, 3.63) is 28.8 Å². The quantitative estimate of drug-likeness (QED) is 0.888. The normalized spacial score (nSPS) is 23.0. The lowest BCUT2D eigenvalue weighted by molar-refractivity contribution is -0.143. The van der Waals surface area contributed by atoms with Gasteiger partial charge in [0.1, 0.15) is 0 Å². The van der Waals surface area contributed by atoms with Gasteiger partial charge in [0.25, 0.3) is 0 Å². The Balaban J connectivity index is 2.15. The molecule has 0 heterocycles. The lowest BCUT2D eigenvalue weighted by Crippen LogP contribution is -2.40. The standard InChI is InChI=1S/C14H18ClNO4S/c1-9-7-11(15)5-6-13(9)21(19,20)16-12-4-2-3-10(8-12)14(17)18/h5-7,10,12,16H,2-4,8H2,1H3,(H,17,18). The van der Waals surface area contributed by atoms with Crippen molar-refractivity contribution in [1.29, 1.82) is 0 Å². The molecule has 1 aliphatic carbocycles. The molecule has 1 fully saturated rings. The summed E-state index contributed by atoms with van der Waals surface area (Å²) >= 11 is 5.83. The first-order chi connectivity index (χ1) is 9.79. The fraction of sp³-hybridized carbons (Fsp3) is 0.500. The number of hydrogen-bond donors (Lipinski definition) is 2. The first-order valence-corrected chi connectivity index (χ1v) is 8.67. The van der Waals surface area contributed by atoms with Crippen LogP contribution in [-0.2, 0) is 14.8 Å². The van der Waals surface area contributed by atoms with E-state index < -0.39 is 21.9 Å². The third kappa shape index (κ3) is 3.96. The van der Waals surface area contributed by atoms with Crippen LogP contribution in [-0.4, -0.2) is 25.5 Å². The molecule has 1 saturated carbocycles. The molecule has 0 spiro atoms. The minimum atomic E-state index is -3.66. The molecule has 21 heavy (non-hydrogen) atoms. The van der Waals surface area contributed by atoms with Crippen LogP contribution in [0.25, 0.3) is 0 Å². The average Bonchev–Trinajstić information content (AvgIpc) is 2.37. The molecular weight excluding hydrogens is 314 g/mol. The van der Waals surface area contributed by atoms with Crippen LogP contribution < -0.4 is 4.72 Å². The first kappa shape index (κ1) is 16.3. The van der Waals surface area contributed by atoms with Gasteiger partial charge in [-0.2, -0.15) is 0 Å². The van der Waals surface area contributed by atoms with Crippen LogP contribution in [0.15, 0.2) is 23.1 Å². The number of halogens is 1. The molecule has 0 bridgehead atoms. The van der Waals surface area contributed by atoms with Crippen molar-refractivity contribution in [1.82, 2.24) is 4.72 Å². The molecule has 1 aliphatic rings. The fourth-order valence-electron chi connectivity index (χ4n) is 2.72. The number of nitrogens with one attached hydrogen (secondary N) is 1. The van der Waals surface area contributed by atoms with E-state index in [1.807, 2.05) is 0 Å². The molecular formula is C14H18ClNO4S. The molecule has 0 aliphatic heterocycles. The molecule has 0 saturated heterocycles. The smallest absolute Gasteiger partial charge is 0.306 e. The van der Waals surface area contributed by atoms with Crippen molar-refractivity contribution < 1.29 is 18.3 Å². The topological polar surface area (TPSA) is 83.5 Å². The monoisotopic (exact) mass is 331 g/mol. The van der Waals surface area contributed by atoms with Gasteiger partial charge in [-0.05, 0) is 49.9 Å². The second-order valence-corrected chi connectivity index (χ2v) is 7.55. The van der Waals surface area contributed by atoms with Crippen molar-refractivity contribution in [2.75, 3.05) is 0 Å². The largest absolute Gasteiger partial charge is 0.481 e. The Morgan fingerprint density at radius 2 is 2.10 bits per heavy atom. The predicted octanol–water partition coefficient (Wildman–Crippen LogP) is 2.57. The van der Waals surface area contributed by atoms with Gasteiger partial charge in [-0.15, -0.1) is 0 Å². The van der Waals surface area contributed by atoms with E-state index in [9.17, 15) is 13.2 Å². The summed E-state index contributed by atoms with van der Waals surface area (Å²) in [5, 5.41) is 9.54. The number of sulfonamides is 1. The van der Waals surface area contributed by atoms with E-state index in [0.29, 0.717) is 36.3 Å². The summed E-state index contributed by atoms with van der Waals surface area (Å²) in [6.07, 6.45) is 2.31. The molecule has 7 heteroatoms. The Hall–Kier alpha value is -1.11. The molecule has 1 aromatic rings. The zero-order chi connectivity index (χ0) is 15.6. The molecule has 1 aromatic carbocycles. The Morgan fingerprint density at radius 3 is 2.71 bits per heavy atom. The van der Waals surface area contributed by atoms with Crippen molar-refractivity contribution in [2.24, 2.45) is 5.92 Å². The van der Waals surface area contributed by atoms with Crippen LogP contribution in [0.3, 0.4) is 0 Å². The number of benzene rings is 1. The minimum Gasteiger partial charge on any atom is -0.481 e. The van der Waals surface area contributed by atoms with E-state index in [0.717, 1.165) is 0 Å². The van der Waals surface area contributed by atoms with E-state index in [2.05, 4.69) is 4.72 Å². The van der Waals surface area contributed by atoms with Gasteiger partial charge >= 0.3 is 5.97 Å². The van der Waals surface area contributed by atoms with Crippen molar-refractivity contribution >= 4 is 27.6 Å². The Kier molecular flexibility index (Phi) is 4.91. The Labute approximate surface area is 129 Å². The maximum Gasteiger partial charge on any atom is 0.306 e. The van der Waals surface area contributed by atoms with E-state index in [1.54, 1.807) is 13.0 Å². The maximum atomic E-state index is 12.4. The van der Waals surface area contributed by atoms with Crippen molar-refractivity contribution in [2.45, 2.75) is 43.5 Å². The summed E-state index contributed by atoms with van der Waals surface area (Å²) in [5.41, 5.74) is 0.570. The number of aliphatic carboxylic acids is 1. The van der Waals surface area contributed by atoms with Gasteiger partial charge in [-0.3, -0.25) is 4.79 Å². The van der Waals surface area contributed by atoms with Crippen LogP contribution in [0.1, 0.15) is 31.2 Å². The van der Waals surface area contributed by atoms with Crippen LogP contribution in [0, 0.1) is 12.8 Å². The van der Waals surface area contributed by atoms with Crippen molar-refractivity contribution in [3.8, 4) is 0 Å². The first-order valence-electron chi connectivity index (χ1n) is 6.81. The number of carbonyl (C=O) groups is 1. The molecule has 2 atom stereocenters. The Bertz CT molecular complexity index is 644. The SMILES string of the molecule is Cc1cc(Cl)ccc1S(=O)(=O)NC1CCCC(C(=O)O)C1. The van der Waals surface area contributed by atoms with Gasteiger partial charge < -0.3 is 5.11 Å². The van der Waals surface area contributed by atoms with Gasteiger partial charge in [-0.1, -0.05) is 18.0 Å². The summed E-state index contributed by atoms with van der Waals surface area (Å²) in [7, 11) is -3.66.